The minimum absolute atomic E-state index is 0.801. The second-order valence-electron chi connectivity index (χ2n) is 5.49. The summed E-state index contributed by atoms with van der Waals surface area (Å²) in [4.78, 5) is 2.08. The lowest BCUT2D eigenvalue weighted by Gasteiger charge is -2.21. The predicted molar refractivity (Wildman–Crippen MR) is 98.0 cm³/mol. The van der Waals surface area contributed by atoms with E-state index >= 15 is 0 Å². The molecular formula is C19H24N2S. The third kappa shape index (κ3) is 5.15. The summed E-state index contributed by atoms with van der Waals surface area (Å²) in [6.07, 6.45) is 2.07. The first-order chi connectivity index (χ1) is 10.7. The van der Waals surface area contributed by atoms with Gasteiger partial charge in [-0.05, 0) is 41.7 Å². The largest absolute Gasteiger partial charge is 0.362 e. The molecule has 2 aromatic rings. The number of aryl methyl sites for hydroxylation is 1. The van der Waals surface area contributed by atoms with Crippen LogP contribution < -0.4 is 5.32 Å². The highest BCUT2D eigenvalue weighted by atomic mass is 32.1. The molecule has 0 aliphatic carbocycles. The van der Waals surface area contributed by atoms with Crippen molar-refractivity contribution >= 4 is 17.3 Å². The number of thiocarbonyl (C=S) groups is 1. The average Bonchev–Trinajstić information content (AvgIpc) is 2.56. The van der Waals surface area contributed by atoms with Gasteiger partial charge in [-0.1, -0.05) is 61.5 Å². The molecule has 0 heterocycles. The summed E-state index contributed by atoms with van der Waals surface area (Å²) in [5.74, 6) is 0. The van der Waals surface area contributed by atoms with Crippen LogP contribution >= 0.6 is 12.2 Å². The second-order valence-corrected chi connectivity index (χ2v) is 5.88. The maximum absolute atomic E-state index is 5.45. The van der Waals surface area contributed by atoms with Gasteiger partial charge in [0.05, 0.1) is 0 Å². The van der Waals surface area contributed by atoms with E-state index in [1.807, 2.05) is 13.1 Å². The van der Waals surface area contributed by atoms with E-state index in [1.165, 1.54) is 16.7 Å². The van der Waals surface area contributed by atoms with Gasteiger partial charge in [0.25, 0.3) is 0 Å². The third-order valence-electron chi connectivity index (χ3n) is 3.73. The molecule has 0 saturated carbocycles. The zero-order chi connectivity index (χ0) is 15.8. The maximum atomic E-state index is 5.45. The van der Waals surface area contributed by atoms with Crippen LogP contribution in [-0.2, 0) is 19.4 Å². The Kier molecular flexibility index (Phi) is 6.41. The quantitative estimate of drug-likeness (QED) is 0.817. The number of benzene rings is 2. The second kappa shape index (κ2) is 8.54. The van der Waals surface area contributed by atoms with E-state index in [9.17, 15) is 0 Å². The lowest BCUT2D eigenvalue weighted by atomic mass is 10.1. The molecule has 2 nitrogen and oxygen atoms in total. The minimum atomic E-state index is 0.801. The van der Waals surface area contributed by atoms with E-state index in [4.69, 9.17) is 12.2 Å². The van der Waals surface area contributed by atoms with Crippen molar-refractivity contribution in [2.75, 3.05) is 13.6 Å². The van der Waals surface area contributed by atoms with Crippen molar-refractivity contribution in [3.8, 4) is 0 Å². The third-order valence-corrected chi connectivity index (χ3v) is 4.19. The summed E-state index contributed by atoms with van der Waals surface area (Å²) in [7, 11) is 2.03. The molecule has 0 fully saturated rings. The molecule has 0 saturated heterocycles. The fourth-order valence-corrected chi connectivity index (χ4v) is 2.49. The van der Waals surface area contributed by atoms with Crippen LogP contribution in [0.5, 0.6) is 0 Å². The molecule has 0 aromatic heterocycles. The van der Waals surface area contributed by atoms with Crippen molar-refractivity contribution in [3.05, 3.63) is 71.3 Å². The van der Waals surface area contributed by atoms with Gasteiger partial charge >= 0.3 is 0 Å². The summed E-state index contributed by atoms with van der Waals surface area (Å²) >= 11 is 5.45. The van der Waals surface area contributed by atoms with Gasteiger partial charge in [-0.2, -0.15) is 0 Å². The molecule has 0 atom stereocenters. The van der Waals surface area contributed by atoms with E-state index < -0.39 is 0 Å². The fraction of sp³-hybridized carbons (Fsp3) is 0.316. The van der Waals surface area contributed by atoms with Gasteiger partial charge in [0.1, 0.15) is 0 Å². The molecular weight excluding hydrogens is 288 g/mol. The van der Waals surface area contributed by atoms with Crippen molar-refractivity contribution in [1.29, 1.82) is 0 Å². The van der Waals surface area contributed by atoms with Gasteiger partial charge in [0.15, 0.2) is 5.11 Å². The van der Waals surface area contributed by atoms with Gasteiger partial charge < -0.3 is 10.2 Å². The summed E-state index contributed by atoms with van der Waals surface area (Å²) < 4.78 is 0. The van der Waals surface area contributed by atoms with Crippen LogP contribution in [0.3, 0.4) is 0 Å². The Morgan fingerprint density at radius 2 is 1.59 bits per heavy atom. The molecule has 3 heteroatoms. The van der Waals surface area contributed by atoms with Crippen molar-refractivity contribution < 1.29 is 0 Å². The normalized spacial score (nSPS) is 10.3. The topological polar surface area (TPSA) is 15.3 Å². The molecule has 0 aliphatic rings. The number of nitrogens with zero attached hydrogens (tertiary/aromatic N) is 1. The molecule has 22 heavy (non-hydrogen) atoms. The molecule has 0 spiro atoms. The van der Waals surface area contributed by atoms with Crippen molar-refractivity contribution in [1.82, 2.24) is 10.2 Å². The Morgan fingerprint density at radius 1 is 0.955 bits per heavy atom. The summed E-state index contributed by atoms with van der Waals surface area (Å²) in [6, 6.07) is 19.2. The summed E-state index contributed by atoms with van der Waals surface area (Å²) in [5.41, 5.74) is 3.98. The molecule has 116 valence electrons. The fourth-order valence-electron chi connectivity index (χ4n) is 2.32. The van der Waals surface area contributed by atoms with E-state index in [2.05, 4.69) is 65.7 Å². The van der Waals surface area contributed by atoms with Gasteiger partial charge in [-0.25, -0.2) is 0 Å². The van der Waals surface area contributed by atoms with E-state index in [0.717, 1.165) is 31.0 Å². The lowest BCUT2D eigenvalue weighted by molar-refractivity contribution is 0.489. The molecule has 2 rings (SSSR count). The zero-order valence-electron chi connectivity index (χ0n) is 13.4. The molecule has 0 radical (unpaired) electrons. The van der Waals surface area contributed by atoms with Gasteiger partial charge in [-0.15, -0.1) is 0 Å². The monoisotopic (exact) mass is 312 g/mol. The Hall–Kier alpha value is -1.87. The van der Waals surface area contributed by atoms with E-state index in [1.54, 1.807) is 0 Å². The Balaban J connectivity index is 1.76. The molecule has 0 bridgehead atoms. The number of nitrogens with one attached hydrogen (secondary N) is 1. The highest BCUT2D eigenvalue weighted by molar-refractivity contribution is 7.80. The number of rotatable bonds is 6. The highest BCUT2D eigenvalue weighted by Gasteiger charge is 2.04. The van der Waals surface area contributed by atoms with Gasteiger partial charge in [0, 0.05) is 20.1 Å². The highest BCUT2D eigenvalue weighted by Crippen LogP contribution is 2.07. The molecule has 2 aromatic carbocycles. The Bertz CT molecular complexity index is 578. The van der Waals surface area contributed by atoms with Crippen LogP contribution in [0.2, 0.25) is 0 Å². The maximum Gasteiger partial charge on any atom is 0.168 e. The molecule has 0 amide bonds. The first-order valence-electron chi connectivity index (χ1n) is 7.79. The van der Waals surface area contributed by atoms with Crippen molar-refractivity contribution in [2.45, 2.75) is 26.3 Å². The average molecular weight is 312 g/mol. The van der Waals surface area contributed by atoms with Crippen LogP contribution in [0.4, 0.5) is 0 Å². The summed E-state index contributed by atoms with van der Waals surface area (Å²) in [6.45, 7) is 3.87. The smallest absolute Gasteiger partial charge is 0.168 e. The van der Waals surface area contributed by atoms with Crippen LogP contribution in [0.1, 0.15) is 23.6 Å². The van der Waals surface area contributed by atoms with Crippen molar-refractivity contribution in [2.24, 2.45) is 0 Å². The summed E-state index contributed by atoms with van der Waals surface area (Å²) in [5, 5.41) is 4.13. The van der Waals surface area contributed by atoms with Crippen LogP contribution in [-0.4, -0.2) is 23.6 Å². The lowest BCUT2D eigenvalue weighted by Crippen LogP contribution is -2.37. The SMILES string of the molecule is CCc1ccc(CN(C)C(=S)NCCc2ccccc2)cc1. The van der Waals surface area contributed by atoms with Crippen LogP contribution in [0.25, 0.3) is 0 Å². The standard InChI is InChI=1S/C19H24N2S/c1-3-16-9-11-18(12-10-16)15-21(2)19(22)20-14-13-17-7-5-4-6-8-17/h4-12H,3,13-15H2,1-2H3,(H,20,22). The van der Waals surface area contributed by atoms with Crippen LogP contribution in [0, 0.1) is 0 Å². The Morgan fingerprint density at radius 3 is 2.23 bits per heavy atom. The number of hydrogen-bond donors (Lipinski definition) is 1. The Labute approximate surface area is 139 Å². The minimum Gasteiger partial charge on any atom is -0.362 e. The van der Waals surface area contributed by atoms with Crippen molar-refractivity contribution in [3.63, 3.8) is 0 Å². The van der Waals surface area contributed by atoms with Gasteiger partial charge in [-0.3, -0.25) is 0 Å². The number of hydrogen-bond acceptors (Lipinski definition) is 1. The molecule has 0 unspecified atom stereocenters. The zero-order valence-corrected chi connectivity index (χ0v) is 14.2. The first kappa shape index (κ1) is 16.5. The predicted octanol–water partition coefficient (Wildman–Crippen LogP) is 3.80. The molecule has 0 aliphatic heterocycles. The first-order valence-corrected chi connectivity index (χ1v) is 8.20. The van der Waals surface area contributed by atoms with Crippen LogP contribution in [0.15, 0.2) is 54.6 Å². The van der Waals surface area contributed by atoms with E-state index in [-0.39, 0.29) is 0 Å². The van der Waals surface area contributed by atoms with Gasteiger partial charge in [0.2, 0.25) is 0 Å². The van der Waals surface area contributed by atoms with E-state index in [0.29, 0.717) is 0 Å². The molecule has 1 N–H and O–H groups in total.